The minimum absolute atomic E-state index is 0.0101. The van der Waals surface area contributed by atoms with Gasteiger partial charge in [0.15, 0.2) is 5.96 Å². The number of nitrogens with one attached hydrogen (secondary N) is 8. The van der Waals surface area contributed by atoms with E-state index in [0.717, 1.165) is 6.20 Å². The first-order valence-electron chi connectivity index (χ1n) is 14.5. The Bertz CT molecular complexity index is 1230. The van der Waals surface area contributed by atoms with Crippen molar-refractivity contribution in [3.05, 3.63) is 11.9 Å². The van der Waals surface area contributed by atoms with Crippen molar-refractivity contribution in [3.63, 3.8) is 0 Å². The molecule has 8 amide bonds. The fourth-order valence-corrected chi connectivity index (χ4v) is 4.28. The van der Waals surface area contributed by atoms with Crippen LogP contribution in [-0.2, 0) is 28.8 Å². The van der Waals surface area contributed by atoms with Crippen LogP contribution >= 0.6 is 0 Å². The van der Waals surface area contributed by atoms with Gasteiger partial charge >= 0.3 is 6.03 Å². The van der Waals surface area contributed by atoms with Crippen molar-refractivity contribution >= 4 is 47.4 Å². The molecule has 0 aromatic carbocycles. The number of nitrogens with zero attached hydrogens (tertiary/aromatic N) is 1. The number of carbonyl (C=O) groups is 7. The van der Waals surface area contributed by atoms with E-state index in [-0.39, 0.29) is 31.9 Å². The van der Waals surface area contributed by atoms with E-state index in [1.54, 1.807) is 0 Å². The van der Waals surface area contributed by atoms with Gasteiger partial charge in [0.25, 0.3) is 5.91 Å². The number of hydrogen-bond acceptors (Lipinski definition) is 13. The Labute approximate surface area is 264 Å². The SMILES string of the molecule is C[C@@H]1NC(=O)[C@@H](N)CNC(=O)[C@H]([C@H]2CCN=C(N)N2)NC(=O)/C(=C/NC(N)=O)NC(=O)[C@H](CNC(=O)C[C@@H](N)CCCN)NC1=O. The summed E-state index contributed by atoms with van der Waals surface area (Å²) in [5.74, 6) is -5.04. The van der Waals surface area contributed by atoms with Crippen LogP contribution in [0.4, 0.5) is 4.79 Å². The van der Waals surface area contributed by atoms with Crippen molar-refractivity contribution in [2.45, 2.75) is 68.9 Å². The molecule has 0 saturated carbocycles. The molecule has 21 nitrogen and oxygen atoms in total. The second-order valence-electron chi connectivity index (χ2n) is 10.7. The van der Waals surface area contributed by atoms with Crippen LogP contribution in [0.15, 0.2) is 16.9 Å². The third-order valence-corrected chi connectivity index (χ3v) is 6.84. The molecule has 6 atom stereocenters. The predicted molar refractivity (Wildman–Crippen MR) is 163 cm³/mol. The maximum Gasteiger partial charge on any atom is 0.316 e. The Morgan fingerprint density at radius 2 is 1.76 bits per heavy atom. The first-order chi connectivity index (χ1) is 21.7. The van der Waals surface area contributed by atoms with Crippen molar-refractivity contribution in [1.82, 2.24) is 42.5 Å². The van der Waals surface area contributed by atoms with Crippen molar-refractivity contribution in [2.24, 2.45) is 33.7 Å². The van der Waals surface area contributed by atoms with Gasteiger partial charge in [-0.2, -0.15) is 0 Å². The molecule has 2 aliphatic heterocycles. The summed E-state index contributed by atoms with van der Waals surface area (Å²) in [5, 5.41) is 19.4. The Kier molecular flexibility index (Phi) is 14.6. The molecular formula is C25H44N14O7. The molecule has 1 fully saturated rings. The summed E-state index contributed by atoms with van der Waals surface area (Å²) in [6.07, 6.45) is 2.01. The number of urea groups is 1. The van der Waals surface area contributed by atoms with Gasteiger partial charge in [-0.05, 0) is 32.7 Å². The number of primary amides is 1. The molecule has 1 saturated heterocycles. The van der Waals surface area contributed by atoms with Gasteiger partial charge in [0.1, 0.15) is 29.9 Å². The number of rotatable bonds is 9. The average molecular weight is 653 g/mol. The molecule has 46 heavy (non-hydrogen) atoms. The molecule has 0 radical (unpaired) electrons. The zero-order valence-corrected chi connectivity index (χ0v) is 25.4. The van der Waals surface area contributed by atoms with E-state index in [4.69, 9.17) is 28.7 Å². The lowest BCUT2D eigenvalue weighted by atomic mass is 10.0. The van der Waals surface area contributed by atoms with Gasteiger partial charge in [0, 0.05) is 38.3 Å². The van der Waals surface area contributed by atoms with Crippen molar-refractivity contribution in [2.75, 3.05) is 26.2 Å². The molecule has 0 aromatic heterocycles. The number of amides is 8. The van der Waals surface area contributed by atoms with Gasteiger partial charge in [0.05, 0.1) is 6.04 Å². The normalized spacial score (nSPS) is 26.6. The summed E-state index contributed by atoms with van der Waals surface area (Å²) in [4.78, 5) is 93.7. The van der Waals surface area contributed by atoms with Crippen LogP contribution in [0.3, 0.4) is 0 Å². The van der Waals surface area contributed by atoms with Gasteiger partial charge in [-0.25, -0.2) is 4.79 Å². The van der Waals surface area contributed by atoms with Crippen LogP contribution < -0.4 is 71.2 Å². The molecule has 2 heterocycles. The lowest BCUT2D eigenvalue weighted by molar-refractivity contribution is -0.133. The Hall–Kier alpha value is -5.02. The highest BCUT2D eigenvalue weighted by Crippen LogP contribution is 2.07. The molecule has 0 aliphatic carbocycles. The van der Waals surface area contributed by atoms with E-state index in [1.165, 1.54) is 6.92 Å². The van der Waals surface area contributed by atoms with Gasteiger partial charge < -0.3 is 71.2 Å². The topological polar surface area (TPSA) is 358 Å². The van der Waals surface area contributed by atoms with Gasteiger partial charge in [-0.15, -0.1) is 0 Å². The average Bonchev–Trinajstić information content (AvgIpc) is 3.00. The monoisotopic (exact) mass is 652 g/mol. The lowest BCUT2D eigenvalue weighted by Gasteiger charge is -2.31. The molecule has 2 rings (SSSR count). The number of aliphatic imine (C=N–C) groups is 1. The largest absolute Gasteiger partial charge is 0.370 e. The first-order valence-corrected chi connectivity index (χ1v) is 14.5. The molecule has 0 bridgehead atoms. The molecule has 0 aromatic rings. The van der Waals surface area contributed by atoms with Crippen molar-refractivity contribution in [1.29, 1.82) is 0 Å². The third kappa shape index (κ3) is 12.2. The van der Waals surface area contributed by atoms with E-state index >= 15 is 0 Å². The summed E-state index contributed by atoms with van der Waals surface area (Å²) >= 11 is 0. The molecule has 256 valence electrons. The summed E-state index contributed by atoms with van der Waals surface area (Å²) in [5.41, 5.74) is 27.7. The molecular weight excluding hydrogens is 608 g/mol. The van der Waals surface area contributed by atoms with Crippen LogP contribution in [0.1, 0.15) is 32.6 Å². The lowest BCUT2D eigenvalue weighted by Crippen LogP contribution is -2.63. The van der Waals surface area contributed by atoms with E-state index in [2.05, 4.69) is 47.5 Å². The number of hydrogen-bond donors (Lipinski definition) is 13. The van der Waals surface area contributed by atoms with Crippen molar-refractivity contribution < 1.29 is 33.6 Å². The highest BCUT2D eigenvalue weighted by molar-refractivity contribution is 6.02. The summed E-state index contributed by atoms with van der Waals surface area (Å²) in [7, 11) is 0. The number of nitrogens with two attached hydrogens (primary N) is 5. The second kappa shape index (κ2) is 18.1. The summed E-state index contributed by atoms with van der Waals surface area (Å²) in [6, 6.07) is -7.79. The minimum Gasteiger partial charge on any atom is -0.370 e. The summed E-state index contributed by atoms with van der Waals surface area (Å²) in [6.45, 7) is 1.08. The van der Waals surface area contributed by atoms with Gasteiger partial charge in [-0.1, -0.05) is 0 Å². The van der Waals surface area contributed by atoms with Gasteiger partial charge in [0.2, 0.25) is 29.5 Å². The van der Waals surface area contributed by atoms with E-state index in [1.807, 2.05) is 0 Å². The molecule has 18 N–H and O–H groups in total. The maximum absolute atomic E-state index is 13.4. The number of carbonyl (C=O) groups excluding carboxylic acids is 7. The highest BCUT2D eigenvalue weighted by Gasteiger charge is 2.34. The first kappa shape index (κ1) is 37.2. The smallest absolute Gasteiger partial charge is 0.316 e. The van der Waals surface area contributed by atoms with Crippen LogP contribution in [0, 0.1) is 0 Å². The molecule has 2 aliphatic rings. The molecule has 0 unspecified atom stereocenters. The quantitative estimate of drug-likeness (QED) is 0.103. The van der Waals surface area contributed by atoms with E-state index < -0.39 is 90.0 Å². The predicted octanol–water partition coefficient (Wildman–Crippen LogP) is -7.21. The number of guanidine groups is 1. The Morgan fingerprint density at radius 1 is 1.04 bits per heavy atom. The standard InChI is InChI=1S/C25H44N14O7/c1-11-19(41)36-15(9-32-17(40)7-12(27)3-2-5-26)21(43)37-16(10-34-25(30)46)22(44)39-18(14-4-6-31-24(29)38-14)23(45)33-8-13(28)20(42)35-11/h10-15,18H,2-9,26-28H2,1H3,(H,32,40)(H,33,45)(H,35,42)(H,36,41)(H,37,43)(H,39,44)(H3,29,31,38)(H3,30,34,46)/b16-10-/t11-,12-,13-,14+,15-,18-/m0/s1. The second-order valence-corrected chi connectivity index (χ2v) is 10.7. The van der Waals surface area contributed by atoms with E-state index in [0.29, 0.717) is 19.4 Å². The summed E-state index contributed by atoms with van der Waals surface area (Å²) < 4.78 is 0. The third-order valence-electron chi connectivity index (χ3n) is 6.84. The molecule has 0 spiro atoms. The van der Waals surface area contributed by atoms with Crippen LogP contribution in [0.5, 0.6) is 0 Å². The van der Waals surface area contributed by atoms with Crippen molar-refractivity contribution in [3.8, 4) is 0 Å². The van der Waals surface area contributed by atoms with Crippen LogP contribution in [-0.4, -0.2) is 110 Å². The highest BCUT2D eigenvalue weighted by atomic mass is 16.2. The molecule has 21 heteroatoms. The van der Waals surface area contributed by atoms with Gasteiger partial charge in [-0.3, -0.25) is 33.8 Å². The Balaban J connectivity index is 2.42. The fourth-order valence-electron chi connectivity index (χ4n) is 4.28. The maximum atomic E-state index is 13.4. The van der Waals surface area contributed by atoms with Crippen LogP contribution in [0.2, 0.25) is 0 Å². The zero-order chi connectivity index (χ0) is 34.4. The zero-order valence-electron chi connectivity index (χ0n) is 25.4. The van der Waals surface area contributed by atoms with E-state index in [9.17, 15) is 33.6 Å². The minimum atomic E-state index is -1.52. The Morgan fingerprint density at radius 3 is 2.41 bits per heavy atom. The fraction of sp³-hybridized carbons (Fsp3) is 0.600. The van der Waals surface area contributed by atoms with Crippen LogP contribution in [0.25, 0.3) is 0 Å².